The number of alkyl carbamates (subject to hydrolysis) is 1. The van der Waals surface area contributed by atoms with Crippen molar-refractivity contribution in [2.45, 2.75) is 63.4 Å². The first-order valence-corrected chi connectivity index (χ1v) is 20.5. The van der Waals surface area contributed by atoms with Crippen molar-refractivity contribution in [3.05, 3.63) is 121 Å². The van der Waals surface area contributed by atoms with E-state index in [0.717, 1.165) is 68.6 Å². The predicted octanol–water partition coefficient (Wildman–Crippen LogP) is 8.25. The van der Waals surface area contributed by atoms with E-state index in [1.165, 1.54) is 7.11 Å². The molecule has 0 bridgehead atoms. The lowest BCUT2D eigenvalue weighted by Crippen LogP contribution is -2.51. The van der Waals surface area contributed by atoms with Gasteiger partial charge in [0, 0.05) is 18.5 Å². The highest BCUT2D eigenvalue weighted by atomic mass is 19.1. The summed E-state index contributed by atoms with van der Waals surface area (Å²) in [6.07, 6.45) is 3.63. The molecule has 13 heteroatoms. The second-order valence-corrected chi connectivity index (χ2v) is 16.4. The molecule has 3 amide bonds. The van der Waals surface area contributed by atoms with Gasteiger partial charge in [-0.3, -0.25) is 14.5 Å². The number of amides is 3. The third-order valence-electron chi connectivity index (χ3n) is 11.8. The smallest absolute Gasteiger partial charge is 0.407 e. The van der Waals surface area contributed by atoms with Crippen molar-refractivity contribution < 1.29 is 23.5 Å². The minimum atomic E-state index is -1.13. The molecule has 2 aromatic heterocycles. The van der Waals surface area contributed by atoms with E-state index in [1.807, 2.05) is 86.4 Å². The summed E-state index contributed by atoms with van der Waals surface area (Å²) in [5, 5.41) is 4.87. The second kappa shape index (κ2) is 17.1. The van der Waals surface area contributed by atoms with Gasteiger partial charge in [-0.25, -0.2) is 19.2 Å². The van der Waals surface area contributed by atoms with E-state index in [2.05, 4.69) is 68.8 Å². The van der Waals surface area contributed by atoms with Crippen LogP contribution in [0.1, 0.15) is 68.4 Å². The Balaban J connectivity index is 0.951. The average Bonchev–Trinajstić information content (AvgIpc) is 4.09. The molecule has 4 heterocycles. The Hall–Kier alpha value is -6.34. The van der Waals surface area contributed by atoms with Crippen LogP contribution in [0.3, 0.4) is 0 Å². The molecule has 2 saturated heterocycles. The van der Waals surface area contributed by atoms with E-state index in [4.69, 9.17) is 9.72 Å². The highest BCUT2D eigenvalue weighted by Crippen LogP contribution is 2.37. The van der Waals surface area contributed by atoms with Gasteiger partial charge in [-0.2, -0.15) is 0 Å². The number of carbonyl (C=O) groups excluding carboxylic acids is 3. The zero-order valence-electron chi connectivity index (χ0n) is 34.6. The van der Waals surface area contributed by atoms with E-state index in [-0.39, 0.29) is 36.7 Å². The van der Waals surface area contributed by atoms with Crippen molar-refractivity contribution in [3.8, 4) is 33.6 Å². The Kier molecular flexibility index (Phi) is 11.5. The zero-order valence-corrected chi connectivity index (χ0v) is 34.6. The van der Waals surface area contributed by atoms with Crippen LogP contribution < -0.4 is 5.32 Å². The number of nitrogens with zero attached hydrogens (tertiary/aromatic N) is 5. The lowest BCUT2D eigenvalue weighted by Gasteiger charge is -2.31. The topological polar surface area (TPSA) is 140 Å². The van der Waals surface area contributed by atoms with Gasteiger partial charge in [0.25, 0.3) is 0 Å². The largest absolute Gasteiger partial charge is 0.453 e. The first kappa shape index (κ1) is 40.4. The highest BCUT2D eigenvalue weighted by Gasteiger charge is 2.42. The first-order valence-electron chi connectivity index (χ1n) is 20.5. The summed E-state index contributed by atoms with van der Waals surface area (Å²) >= 11 is 0. The number of alkyl halides is 1. The van der Waals surface area contributed by atoms with Crippen molar-refractivity contribution in [1.29, 1.82) is 0 Å². The molecule has 0 radical (unpaired) electrons. The summed E-state index contributed by atoms with van der Waals surface area (Å²) in [6.45, 7) is 4.43. The number of carbonyl (C=O) groups is 3. The molecule has 12 nitrogen and oxygen atoms in total. The maximum absolute atomic E-state index is 15.0. The minimum Gasteiger partial charge on any atom is -0.453 e. The summed E-state index contributed by atoms with van der Waals surface area (Å²) in [4.78, 5) is 61.0. The van der Waals surface area contributed by atoms with Crippen LogP contribution in [0, 0.1) is 5.92 Å². The fourth-order valence-electron chi connectivity index (χ4n) is 8.67. The number of halogens is 1. The number of benzene rings is 4. The molecule has 2 fully saturated rings. The van der Waals surface area contributed by atoms with Crippen LogP contribution in [0.4, 0.5) is 9.18 Å². The highest BCUT2D eigenvalue weighted by molar-refractivity contribution is 5.91. The molecule has 0 saturated carbocycles. The molecule has 0 unspecified atom stereocenters. The third kappa shape index (κ3) is 8.14. The van der Waals surface area contributed by atoms with E-state index >= 15 is 0 Å². The van der Waals surface area contributed by atoms with Gasteiger partial charge in [0.05, 0.1) is 49.5 Å². The molecular weight excluding hydrogens is 760 g/mol. The number of aromatic amines is 2. The van der Waals surface area contributed by atoms with Gasteiger partial charge in [-0.05, 0) is 78.0 Å². The van der Waals surface area contributed by atoms with Crippen molar-refractivity contribution in [3.63, 3.8) is 0 Å². The number of aromatic nitrogens is 4. The quantitative estimate of drug-likeness (QED) is 0.120. The van der Waals surface area contributed by atoms with Crippen molar-refractivity contribution in [1.82, 2.24) is 40.0 Å². The van der Waals surface area contributed by atoms with E-state index < -0.39 is 30.4 Å². The molecule has 2 aliphatic heterocycles. The number of imidazole rings is 2. The van der Waals surface area contributed by atoms with E-state index in [1.54, 1.807) is 11.1 Å². The fourth-order valence-corrected chi connectivity index (χ4v) is 8.67. The number of ether oxygens (including phenoxy) is 1. The van der Waals surface area contributed by atoms with Gasteiger partial charge < -0.3 is 29.8 Å². The SMILES string of the molecule is COC(=O)N[C@H](C(=O)N1CCC[C@H]1c1ncc(-c2ccc3cc(-c4ccc(-c5cnc([C@@H]6C[C@@H](F)CN6C(=O)[C@@H](c6ccccc6)N(C)C)[nH]5)cc4)ccc3c2)[nH]1)C(C)C. The van der Waals surface area contributed by atoms with Crippen LogP contribution in [-0.4, -0.2) is 99.1 Å². The molecule has 3 N–H and O–H groups in total. The summed E-state index contributed by atoms with van der Waals surface area (Å²) in [5.74, 6) is 0.910. The van der Waals surface area contributed by atoms with Crippen LogP contribution in [0.5, 0.6) is 0 Å². The Labute approximate surface area is 349 Å². The number of methoxy groups -OCH3 is 1. The van der Waals surface area contributed by atoms with E-state index in [9.17, 15) is 18.8 Å². The van der Waals surface area contributed by atoms with Gasteiger partial charge in [-0.1, -0.05) is 92.7 Å². The van der Waals surface area contributed by atoms with Crippen LogP contribution in [0.15, 0.2) is 103 Å². The second-order valence-electron chi connectivity index (χ2n) is 16.4. The van der Waals surface area contributed by atoms with Gasteiger partial charge in [0.2, 0.25) is 11.8 Å². The number of nitrogens with one attached hydrogen (secondary N) is 3. The predicted molar refractivity (Wildman–Crippen MR) is 229 cm³/mol. The van der Waals surface area contributed by atoms with Crippen molar-refractivity contribution in [2.75, 3.05) is 34.3 Å². The lowest BCUT2D eigenvalue weighted by atomic mass is 9.98. The Morgan fingerprint density at radius 1 is 0.783 bits per heavy atom. The fraction of sp³-hybridized carbons (Fsp3) is 0.340. The Morgan fingerprint density at radius 3 is 2.03 bits per heavy atom. The molecule has 8 rings (SSSR count). The number of fused-ring (bicyclic) bond motifs is 1. The molecule has 310 valence electrons. The lowest BCUT2D eigenvalue weighted by molar-refractivity contribution is -0.137. The van der Waals surface area contributed by atoms with Crippen LogP contribution in [0.25, 0.3) is 44.4 Å². The summed E-state index contributed by atoms with van der Waals surface area (Å²) in [6, 6.07) is 28.6. The zero-order chi connectivity index (χ0) is 42.1. The van der Waals surface area contributed by atoms with Gasteiger partial charge in [-0.15, -0.1) is 0 Å². The van der Waals surface area contributed by atoms with Crippen molar-refractivity contribution >= 4 is 28.7 Å². The van der Waals surface area contributed by atoms with Crippen LogP contribution in [0.2, 0.25) is 0 Å². The molecule has 0 aliphatic carbocycles. The molecule has 0 spiro atoms. The minimum absolute atomic E-state index is 0.0319. The molecule has 2 aliphatic rings. The summed E-state index contributed by atoms with van der Waals surface area (Å²) in [7, 11) is 5.02. The monoisotopic (exact) mass is 810 g/mol. The molecule has 6 aromatic rings. The Bertz CT molecular complexity index is 2480. The van der Waals surface area contributed by atoms with Crippen LogP contribution >= 0.6 is 0 Å². The maximum atomic E-state index is 15.0. The normalized spacial score (nSPS) is 19.0. The number of likely N-dealkylation sites (tertiary alicyclic amines) is 2. The molecule has 60 heavy (non-hydrogen) atoms. The standard InChI is InChI=1S/C47H51FN8O4/c1-28(2)41(53-47(59)60-5)45(57)55-21-9-12-39(55)43-49-26-38(52-43)35-20-19-33-22-32(17-18-34(33)23-35)29-13-15-30(16-14-29)37-25-50-44(51-37)40-24-36(48)27-56(40)46(58)42(54(3)4)31-10-7-6-8-11-31/h6-8,10-11,13-20,22-23,25-26,28,36,39-42H,9,12,21,24,27H2,1-5H3,(H,49,52)(H,50,51)(H,53,59)/t36-,39+,40+,41+,42-/m1/s1. The summed E-state index contributed by atoms with van der Waals surface area (Å²) < 4.78 is 19.7. The van der Waals surface area contributed by atoms with Gasteiger partial charge in [0.1, 0.15) is 29.9 Å². The summed E-state index contributed by atoms with van der Waals surface area (Å²) in [5.41, 5.74) is 6.59. The number of rotatable bonds is 11. The number of likely N-dealkylation sites (N-methyl/N-ethyl adjacent to an activating group) is 1. The average molecular weight is 811 g/mol. The third-order valence-corrected chi connectivity index (χ3v) is 11.8. The molecular formula is C47H51FN8O4. The Morgan fingerprint density at radius 2 is 1.38 bits per heavy atom. The first-order chi connectivity index (χ1) is 29.0. The number of H-pyrrole nitrogens is 2. The van der Waals surface area contributed by atoms with Gasteiger partial charge in [0.15, 0.2) is 0 Å². The number of hydrogen-bond acceptors (Lipinski definition) is 7. The molecule has 4 aromatic carbocycles. The van der Waals surface area contributed by atoms with E-state index in [0.29, 0.717) is 12.4 Å². The maximum Gasteiger partial charge on any atom is 0.407 e. The number of hydrogen-bond donors (Lipinski definition) is 3. The molecule has 5 atom stereocenters. The van der Waals surface area contributed by atoms with Crippen LogP contribution in [-0.2, 0) is 14.3 Å². The van der Waals surface area contributed by atoms with Crippen molar-refractivity contribution in [2.24, 2.45) is 5.92 Å². The van der Waals surface area contributed by atoms with Gasteiger partial charge >= 0.3 is 6.09 Å².